The van der Waals surface area contributed by atoms with Crippen LogP contribution < -0.4 is 0 Å². The van der Waals surface area contributed by atoms with Crippen LogP contribution in [0, 0.1) is 0 Å². The Morgan fingerprint density at radius 1 is 1.21 bits per heavy atom. The molecule has 3 nitrogen and oxygen atoms in total. The van der Waals surface area contributed by atoms with Gasteiger partial charge in [0.2, 0.25) is 0 Å². The Balaban J connectivity index is 2.82. The summed E-state index contributed by atoms with van der Waals surface area (Å²) in [5.74, 6) is 0.273. The fraction of sp³-hybridized carbons (Fsp3) is 0.455. The minimum Gasteiger partial charge on any atom is -0.508 e. The van der Waals surface area contributed by atoms with Crippen LogP contribution in [-0.2, 0) is 0 Å². The molecule has 0 aliphatic carbocycles. The second-order valence-corrected chi connectivity index (χ2v) is 3.58. The Bertz CT molecular complexity index is 269. The van der Waals surface area contributed by atoms with E-state index in [0.717, 1.165) is 5.56 Å². The maximum atomic E-state index is 9.14. The largest absolute Gasteiger partial charge is 0.508 e. The highest BCUT2D eigenvalue weighted by Gasteiger charge is 2.12. The molecule has 1 aromatic carbocycles. The Morgan fingerprint density at radius 3 is 2.21 bits per heavy atom. The molecule has 0 aromatic heterocycles. The topological polar surface area (TPSA) is 43.7 Å². The van der Waals surface area contributed by atoms with E-state index < -0.39 is 0 Å². The lowest BCUT2D eigenvalue weighted by molar-refractivity contribution is 0.211. The standard InChI is InChI=1S/C11H17NO2/c1-12(2)11(7-8-13)9-3-5-10(14)6-4-9/h3-6,11,13-14H,7-8H2,1-2H3. The first-order valence-corrected chi connectivity index (χ1v) is 4.71. The normalized spacial score (nSPS) is 13.1. The molecular formula is C11H17NO2. The van der Waals surface area contributed by atoms with Gasteiger partial charge in [-0.2, -0.15) is 0 Å². The molecule has 1 unspecified atom stereocenters. The van der Waals surface area contributed by atoms with E-state index in [1.165, 1.54) is 0 Å². The van der Waals surface area contributed by atoms with Gasteiger partial charge in [0.1, 0.15) is 5.75 Å². The minimum absolute atomic E-state index is 0.170. The number of phenolic OH excluding ortho intramolecular Hbond substituents is 1. The van der Waals surface area contributed by atoms with E-state index in [2.05, 4.69) is 4.90 Å². The smallest absolute Gasteiger partial charge is 0.115 e. The maximum Gasteiger partial charge on any atom is 0.115 e. The van der Waals surface area contributed by atoms with Gasteiger partial charge in [0.05, 0.1) is 0 Å². The fourth-order valence-electron chi connectivity index (χ4n) is 1.54. The van der Waals surface area contributed by atoms with Crippen LogP contribution in [0.25, 0.3) is 0 Å². The summed E-state index contributed by atoms with van der Waals surface area (Å²) in [6, 6.07) is 7.32. The van der Waals surface area contributed by atoms with Crippen molar-refractivity contribution in [1.29, 1.82) is 0 Å². The van der Waals surface area contributed by atoms with Gasteiger partial charge in [0.25, 0.3) is 0 Å². The zero-order valence-corrected chi connectivity index (χ0v) is 8.64. The summed E-state index contributed by atoms with van der Waals surface area (Å²) in [6.07, 6.45) is 0.706. The van der Waals surface area contributed by atoms with Crippen LogP contribution >= 0.6 is 0 Å². The van der Waals surface area contributed by atoms with Crippen LogP contribution in [0.2, 0.25) is 0 Å². The number of aliphatic hydroxyl groups is 1. The molecule has 0 spiro atoms. The molecule has 2 N–H and O–H groups in total. The average molecular weight is 195 g/mol. The van der Waals surface area contributed by atoms with Crippen molar-refractivity contribution in [3.05, 3.63) is 29.8 Å². The van der Waals surface area contributed by atoms with E-state index in [9.17, 15) is 0 Å². The van der Waals surface area contributed by atoms with E-state index in [1.54, 1.807) is 12.1 Å². The van der Waals surface area contributed by atoms with Gasteiger partial charge in [-0.3, -0.25) is 0 Å². The molecule has 78 valence electrons. The highest BCUT2D eigenvalue weighted by Crippen LogP contribution is 2.23. The first-order valence-electron chi connectivity index (χ1n) is 4.71. The maximum absolute atomic E-state index is 9.14. The molecular weight excluding hydrogens is 178 g/mol. The van der Waals surface area contributed by atoms with Crippen molar-refractivity contribution in [2.75, 3.05) is 20.7 Å². The van der Waals surface area contributed by atoms with Crippen LogP contribution in [-0.4, -0.2) is 35.8 Å². The lowest BCUT2D eigenvalue weighted by Gasteiger charge is -2.23. The summed E-state index contributed by atoms with van der Waals surface area (Å²) in [5.41, 5.74) is 1.11. The molecule has 0 saturated carbocycles. The minimum atomic E-state index is 0.170. The van der Waals surface area contributed by atoms with Gasteiger partial charge in [0, 0.05) is 12.6 Å². The second-order valence-electron chi connectivity index (χ2n) is 3.58. The molecule has 0 aliphatic heterocycles. The van der Waals surface area contributed by atoms with Gasteiger partial charge in [0.15, 0.2) is 0 Å². The van der Waals surface area contributed by atoms with Gasteiger partial charge < -0.3 is 15.1 Å². The van der Waals surface area contributed by atoms with Crippen molar-refractivity contribution in [3.63, 3.8) is 0 Å². The van der Waals surface area contributed by atoms with Crippen LogP contribution in [0.1, 0.15) is 18.0 Å². The Morgan fingerprint density at radius 2 is 1.79 bits per heavy atom. The molecule has 1 rings (SSSR count). The lowest BCUT2D eigenvalue weighted by Crippen LogP contribution is -2.20. The van der Waals surface area contributed by atoms with Gasteiger partial charge >= 0.3 is 0 Å². The molecule has 0 aliphatic rings. The monoisotopic (exact) mass is 195 g/mol. The van der Waals surface area contributed by atoms with E-state index in [0.29, 0.717) is 6.42 Å². The predicted octanol–water partition coefficient (Wildman–Crippen LogP) is 1.38. The Hall–Kier alpha value is -1.06. The van der Waals surface area contributed by atoms with Gasteiger partial charge in [-0.1, -0.05) is 12.1 Å². The molecule has 0 amide bonds. The number of rotatable bonds is 4. The zero-order valence-electron chi connectivity index (χ0n) is 8.64. The third kappa shape index (κ3) is 2.72. The number of nitrogens with zero attached hydrogens (tertiary/aromatic N) is 1. The highest BCUT2D eigenvalue weighted by molar-refractivity contribution is 5.27. The van der Waals surface area contributed by atoms with Crippen LogP contribution in [0.4, 0.5) is 0 Å². The summed E-state index contributed by atoms with van der Waals surface area (Å²) >= 11 is 0. The Labute approximate surface area is 84.6 Å². The first kappa shape index (κ1) is 11.0. The van der Waals surface area contributed by atoms with Gasteiger partial charge in [-0.25, -0.2) is 0 Å². The van der Waals surface area contributed by atoms with Crippen LogP contribution in [0.3, 0.4) is 0 Å². The second kappa shape index (κ2) is 4.98. The van der Waals surface area contributed by atoms with Crippen molar-refractivity contribution in [1.82, 2.24) is 4.90 Å². The lowest BCUT2D eigenvalue weighted by atomic mass is 10.0. The summed E-state index contributed by atoms with van der Waals surface area (Å²) in [5, 5.41) is 18.1. The molecule has 0 fully saturated rings. The van der Waals surface area contributed by atoms with E-state index >= 15 is 0 Å². The van der Waals surface area contributed by atoms with Crippen LogP contribution in [0.15, 0.2) is 24.3 Å². The number of phenols is 1. The summed E-state index contributed by atoms with van der Waals surface area (Å²) in [7, 11) is 3.96. The van der Waals surface area contributed by atoms with E-state index in [-0.39, 0.29) is 18.4 Å². The number of aromatic hydroxyl groups is 1. The van der Waals surface area contributed by atoms with Crippen molar-refractivity contribution in [2.45, 2.75) is 12.5 Å². The molecule has 1 aromatic rings. The SMILES string of the molecule is CN(C)C(CCO)c1ccc(O)cc1. The molecule has 0 bridgehead atoms. The molecule has 3 heteroatoms. The molecule has 1 atom stereocenters. The molecule has 0 heterocycles. The quantitative estimate of drug-likeness (QED) is 0.762. The highest BCUT2D eigenvalue weighted by atomic mass is 16.3. The molecule has 0 saturated heterocycles. The third-order valence-electron chi connectivity index (χ3n) is 2.30. The summed E-state index contributed by atoms with van der Waals surface area (Å²) < 4.78 is 0. The van der Waals surface area contributed by atoms with E-state index in [1.807, 2.05) is 26.2 Å². The predicted molar refractivity (Wildman–Crippen MR) is 56.2 cm³/mol. The molecule has 0 radical (unpaired) electrons. The number of hydrogen-bond acceptors (Lipinski definition) is 3. The first-order chi connectivity index (χ1) is 6.65. The van der Waals surface area contributed by atoms with Gasteiger partial charge in [-0.15, -0.1) is 0 Å². The van der Waals surface area contributed by atoms with E-state index in [4.69, 9.17) is 10.2 Å². The Kier molecular flexibility index (Phi) is 3.92. The summed E-state index contributed by atoms with van der Waals surface area (Å²) in [6.45, 7) is 0.170. The van der Waals surface area contributed by atoms with Crippen molar-refractivity contribution in [2.24, 2.45) is 0 Å². The zero-order chi connectivity index (χ0) is 10.6. The average Bonchev–Trinajstić information content (AvgIpc) is 2.15. The number of aliphatic hydroxyl groups excluding tert-OH is 1. The van der Waals surface area contributed by atoms with Crippen molar-refractivity contribution >= 4 is 0 Å². The fourth-order valence-corrected chi connectivity index (χ4v) is 1.54. The van der Waals surface area contributed by atoms with Crippen LogP contribution in [0.5, 0.6) is 5.75 Å². The van der Waals surface area contributed by atoms with Crippen molar-refractivity contribution in [3.8, 4) is 5.75 Å². The summed E-state index contributed by atoms with van der Waals surface area (Å²) in [4.78, 5) is 2.06. The van der Waals surface area contributed by atoms with Gasteiger partial charge in [-0.05, 0) is 38.2 Å². The molecule has 14 heavy (non-hydrogen) atoms. The number of hydrogen-bond donors (Lipinski definition) is 2. The van der Waals surface area contributed by atoms with Crippen molar-refractivity contribution < 1.29 is 10.2 Å². The third-order valence-corrected chi connectivity index (χ3v) is 2.30. The number of benzene rings is 1.